The Kier molecular flexibility index (Phi) is 8.28. The molecule has 1 fully saturated rings. The summed E-state index contributed by atoms with van der Waals surface area (Å²) in [5.41, 5.74) is 7.14. The van der Waals surface area contributed by atoms with E-state index in [1.54, 1.807) is 11.8 Å². The van der Waals surface area contributed by atoms with Gasteiger partial charge in [-0.3, -0.25) is 14.9 Å². The Morgan fingerprint density at radius 2 is 1.76 bits per heavy atom. The standard InChI is InChI=1S/C29H35N7O2/c1-21(23-6-3-2-4-7-23)32-28-25-18-26(33-29(25)31-20-30-28)24-11-9-22(10-12-24)19-36-16-14-35(15-17-36)13-5-8-27(37)34-38/h2-4,6-7,9-12,18,20-21,38H,5,8,13-17,19H2,1H3,(H,34,37)(H2,30,31,32,33). The zero-order valence-electron chi connectivity index (χ0n) is 21.7. The first-order valence-electron chi connectivity index (χ1n) is 13.2. The number of nitrogens with zero attached hydrogens (tertiary/aromatic N) is 4. The monoisotopic (exact) mass is 513 g/mol. The van der Waals surface area contributed by atoms with Gasteiger partial charge in [0.15, 0.2) is 0 Å². The molecule has 1 unspecified atom stereocenters. The maximum absolute atomic E-state index is 11.2. The zero-order chi connectivity index (χ0) is 26.3. The van der Waals surface area contributed by atoms with Crippen LogP contribution in [0.3, 0.4) is 0 Å². The number of carbonyl (C=O) groups excluding carboxylic acids is 1. The average molecular weight is 514 g/mol. The van der Waals surface area contributed by atoms with E-state index in [4.69, 9.17) is 5.21 Å². The number of rotatable bonds is 10. The van der Waals surface area contributed by atoms with E-state index in [1.807, 2.05) is 18.2 Å². The number of benzene rings is 2. The third-order valence-electron chi connectivity index (χ3n) is 7.22. The summed E-state index contributed by atoms with van der Waals surface area (Å²) in [5, 5.41) is 13.1. The van der Waals surface area contributed by atoms with Crippen LogP contribution in [-0.4, -0.2) is 68.6 Å². The quantitative estimate of drug-likeness (QED) is 0.186. The summed E-state index contributed by atoms with van der Waals surface area (Å²) in [4.78, 5) is 28.4. The molecular weight excluding hydrogens is 478 g/mol. The van der Waals surface area contributed by atoms with Crippen molar-refractivity contribution < 1.29 is 10.0 Å². The van der Waals surface area contributed by atoms with E-state index in [1.165, 1.54) is 11.1 Å². The van der Waals surface area contributed by atoms with Crippen LogP contribution in [0, 0.1) is 0 Å². The number of aromatic nitrogens is 3. The summed E-state index contributed by atoms with van der Waals surface area (Å²) in [6, 6.07) is 21.3. The van der Waals surface area contributed by atoms with E-state index in [9.17, 15) is 4.79 Å². The Balaban J connectivity index is 1.18. The van der Waals surface area contributed by atoms with Crippen molar-refractivity contribution in [2.75, 3.05) is 38.0 Å². The van der Waals surface area contributed by atoms with E-state index < -0.39 is 0 Å². The van der Waals surface area contributed by atoms with Crippen LogP contribution in [0.4, 0.5) is 5.82 Å². The molecule has 0 radical (unpaired) electrons. The number of nitrogens with one attached hydrogen (secondary N) is 3. The van der Waals surface area contributed by atoms with Crippen molar-refractivity contribution >= 4 is 22.8 Å². The molecule has 2 aromatic carbocycles. The van der Waals surface area contributed by atoms with Gasteiger partial charge in [-0.05, 0) is 42.6 Å². The van der Waals surface area contributed by atoms with E-state index >= 15 is 0 Å². The van der Waals surface area contributed by atoms with E-state index in [0.29, 0.717) is 6.42 Å². The van der Waals surface area contributed by atoms with Crippen molar-refractivity contribution in [1.29, 1.82) is 0 Å². The highest BCUT2D eigenvalue weighted by Crippen LogP contribution is 2.29. The Morgan fingerprint density at radius 1 is 1.03 bits per heavy atom. The fourth-order valence-electron chi connectivity index (χ4n) is 4.98. The van der Waals surface area contributed by atoms with E-state index in [0.717, 1.165) is 73.8 Å². The summed E-state index contributed by atoms with van der Waals surface area (Å²) in [6.07, 6.45) is 2.71. The second-order valence-corrected chi connectivity index (χ2v) is 9.90. The number of carbonyl (C=O) groups is 1. The van der Waals surface area contributed by atoms with Crippen LogP contribution in [0.25, 0.3) is 22.3 Å². The van der Waals surface area contributed by atoms with Crippen molar-refractivity contribution in [3.05, 3.63) is 78.1 Å². The molecule has 0 spiro atoms. The SMILES string of the molecule is CC(Nc1ncnc2[nH]c(-c3ccc(CN4CCN(CCCC(=O)NO)CC4)cc3)cc12)c1ccccc1. The van der Waals surface area contributed by atoms with E-state index in [-0.39, 0.29) is 11.9 Å². The first-order valence-corrected chi connectivity index (χ1v) is 13.2. The number of hydrogen-bond donors (Lipinski definition) is 4. The summed E-state index contributed by atoms with van der Waals surface area (Å²) in [7, 11) is 0. The van der Waals surface area contributed by atoms with Gasteiger partial charge in [-0.25, -0.2) is 15.4 Å². The van der Waals surface area contributed by atoms with Crippen LogP contribution in [0.2, 0.25) is 0 Å². The lowest BCUT2D eigenvalue weighted by atomic mass is 10.1. The Hall–Kier alpha value is -3.79. The number of aromatic amines is 1. The molecule has 4 N–H and O–H groups in total. The van der Waals surface area contributed by atoms with Crippen LogP contribution in [0.15, 0.2) is 67.0 Å². The van der Waals surface area contributed by atoms with Crippen LogP contribution >= 0.6 is 0 Å². The van der Waals surface area contributed by atoms with Gasteiger partial charge in [0.25, 0.3) is 0 Å². The molecule has 1 aliphatic rings. The van der Waals surface area contributed by atoms with Gasteiger partial charge in [0, 0.05) is 50.9 Å². The van der Waals surface area contributed by atoms with Crippen LogP contribution in [0.1, 0.15) is 36.9 Å². The predicted octanol–water partition coefficient (Wildman–Crippen LogP) is 4.20. The zero-order valence-corrected chi connectivity index (χ0v) is 21.7. The van der Waals surface area contributed by atoms with Crippen molar-refractivity contribution in [2.45, 2.75) is 32.4 Å². The van der Waals surface area contributed by atoms with Crippen molar-refractivity contribution in [3.8, 4) is 11.3 Å². The Morgan fingerprint density at radius 3 is 2.50 bits per heavy atom. The normalized spacial score (nSPS) is 15.4. The van der Waals surface area contributed by atoms with Gasteiger partial charge in [0.2, 0.25) is 5.91 Å². The second-order valence-electron chi connectivity index (χ2n) is 9.90. The molecule has 4 aromatic rings. The number of hydrogen-bond acceptors (Lipinski definition) is 7. The lowest BCUT2D eigenvalue weighted by Gasteiger charge is -2.34. The Labute approximate surface area is 222 Å². The number of piperazine rings is 1. The summed E-state index contributed by atoms with van der Waals surface area (Å²) in [6.45, 7) is 7.94. The third-order valence-corrected chi connectivity index (χ3v) is 7.22. The van der Waals surface area contributed by atoms with Gasteiger partial charge in [0.1, 0.15) is 17.8 Å². The average Bonchev–Trinajstić information content (AvgIpc) is 3.40. The molecule has 9 nitrogen and oxygen atoms in total. The molecule has 1 amide bonds. The number of hydroxylamine groups is 1. The molecular formula is C29H35N7O2. The molecule has 3 heterocycles. The summed E-state index contributed by atoms with van der Waals surface area (Å²) in [5.74, 6) is 0.503. The minimum Gasteiger partial charge on any atom is -0.363 e. The molecule has 38 heavy (non-hydrogen) atoms. The second kappa shape index (κ2) is 12.2. The smallest absolute Gasteiger partial charge is 0.243 e. The van der Waals surface area contributed by atoms with Crippen molar-refractivity contribution in [2.24, 2.45) is 0 Å². The van der Waals surface area contributed by atoms with Gasteiger partial charge < -0.3 is 15.2 Å². The van der Waals surface area contributed by atoms with Crippen LogP contribution < -0.4 is 10.8 Å². The topological polar surface area (TPSA) is 109 Å². The maximum atomic E-state index is 11.2. The number of fused-ring (bicyclic) bond motifs is 1. The highest BCUT2D eigenvalue weighted by molar-refractivity contribution is 5.91. The lowest BCUT2D eigenvalue weighted by Crippen LogP contribution is -2.46. The molecule has 5 rings (SSSR count). The maximum Gasteiger partial charge on any atom is 0.243 e. The number of H-pyrrole nitrogens is 1. The fraction of sp³-hybridized carbons (Fsp3) is 0.345. The number of amides is 1. The highest BCUT2D eigenvalue weighted by Gasteiger charge is 2.17. The predicted molar refractivity (Wildman–Crippen MR) is 149 cm³/mol. The lowest BCUT2D eigenvalue weighted by molar-refractivity contribution is -0.129. The van der Waals surface area contributed by atoms with Gasteiger partial charge >= 0.3 is 0 Å². The van der Waals surface area contributed by atoms with Gasteiger partial charge in [-0.15, -0.1) is 0 Å². The molecule has 1 atom stereocenters. The minimum atomic E-state index is -0.317. The van der Waals surface area contributed by atoms with Crippen LogP contribution in [0.5, 0.6) is 0 Å². The number of anilines is 1. The van der Waals surface area contributed by atoms with Crippen molar-refractivity contribution in [3.63, 3.8) is 0 Å². The minimum absolute atomic E-state index is 0.126. The first-order chi connectivity index (χ1) is 18.6. The Bertz CT molecular complexity index is 1330. The van der Waals surface area contributed by atoms with Gasteiger partial charge in [0.05, 0.1) is 5.39 Å². The molecule has 0 bridgehead atoms. The third kappa shape index (κ3) is 6.36. The summed E-state index contributed by atoms with van der Waals surface area (Å²) < 4.78 is 0. The molecule has 1 aliphatic heterocycles. The van der Waals surface area contributed by atoms with Gasteiger partial charge in [-0.2, -0.15) is 0 Å². The molecule has 9 heteroatoms. The first kappa shape index (κ1) is 25.8. The largest absolute Gasteiger partial charge is 0.363 e. The van der Waals surface area contributed by atoms with Crippen molar-refractivity contribution in [1.82, 2.24) is 30.2 Å². The summed E-state index contributed by atoms with van der Waals surface area (Å²) >= 11 is 0. The molecule has 0 aliphatic carbocycles. The fourth-order valence-corrected chi connectivity index (χ4v) is 4.98. The molecule has 2 aromatic heterocycles. The van der Waals surface area contributed by atoms with Crippen LogP contribution in [-0.2, 0) is 11.3 Å². The highest BCUT2D eigenvalue weighted by atomic mass is 16.5. The molecule has 198 valence electrons. The van der Waals surface area contributed by atoms with Gasteiger partial charge in [-0.1, -0.05) is 54.6 Å². The molecule has 1 saturated heterocycles. The molecule has 0 saturated carbocycles. The van der Waals surface area contributed by atoms with E-state index in [2.05, 4.69) is 79.5 Å².